The van der Waals surface area contributed by atoms with Crippen LogP contribution in [0.1, 0.15) is 39.2 Å². The Bertz CT molecular complexity index is 653. The van der Waals surface area contributed by atoms with Crippen LogP contribution in [0.4, 0.5) is 0 Å². The number of rotatable bonds is 3. The van der Waals surface area contributed by atoms with Crippen LogP contribution in [0.5, 0.6) is 0 Å². The molecule has 1 aliphatic carbocycles. The molecular formula is C17H20N2O3. The molecule has 2 atom stereocenters. The summed E-state index contributed by atoms with van der Waals surface area (Å²) in [4.78, 5) is 24.8. The van der Waals surface area contributed by atoms with E-state index in [0.29, 0.717) is 12.8 Å². The highest BCUT2D eigenvalue weighted by Gasteiger charge is 2.75. The molecule has 2 fully saturated rings. The first-order chi connectivity index (χ1) is 10.3. The summed E-state index contributed by atoms with van der Waals surface area (Å²) in [7, 11) is 0. The number of carbonyl (C=O) groups excluding carboxylic acids is 2. The summed E-state index contributed by atoms with van der Waals surface area (Å²) >= 11 is 0. The smallest absolute Gasteiger partial charge is 0.313 e. The van der Waals surface area contributed by atoms with Crippen LogP contribution in [0, 0.1) is 10.8 Å². The van der Waals surface area contributed by atoms with Crippen molar-refractivity contribution >= 4 is 18.1 Å². The Kier molecular flexibility index (Phi) is 3.13. The first-order valence-corrected chi connectivity index (χ1v) is 7.45. The van der Waals surface area contributed by atoms with Crippen LogP contribution in [0.3, 0.4) is 0 Å². The van der Waals surface area contributed by atoms with E-state index in [2.05, 4.69) is 10.5 Å². The number of nitrogens with zero attached hydrogens (tertiary/aromatic N) is 1. The third-order valence-electron chi connectivity index (χ3n) is 5.63. The van der Waals surface area contributed by atoms with Crippen molar-refractivity contribution in [1.82, 2.24) is 5.43 Å². The van der Waals surface area contributed by atoms with Crippen molar-refractivity contribution < 1.29 is 14.3 Å². The maximum atomic E-state index is 12.6. The fourth-order valence-electron chi connectivity index (χ4n) is 3.54. The average Bonchev–Trinajstić information content (AvgIpc) is 2.78. The van der Waals surface area contributed by atoms with Gasteiger partial charge in [0, 0.05) is 5.41 Å². The number of esters is 1. The minimum absolute atomic E-state index is 0.286. The third-order valence-corrected chi connectivity index (χ3v) is 5.63. The number of ether oxygens (including phenoxy) is 1. The van der Waals surface area contributed by atoms with Gasteiger partial charge in [-0.15, -0.1) is 0 Å². The molecule has 5 heteroatoms. The zero-order chi connectivity index (χ0) is 16.0. The number of carbonyl (C=O) groups is 2. The Balaban J connectivity index is 1.78. The maximum Gasteiger partial charge on any atom is 0.313 e. The number of hydrazone groups is 1. The van der Waals surface area contributed by atoms with Gasteiger partial charge in [0.1, 0.15) is 0 Å². The zero-order valence-corrected chi connectivity index (χ0v) is 13.1. The molecule has 1 amide bonds. The van der Waals surface area contributed by atoms with Crippen LogP contribution < -0.4 is 5.43 Å². The fourth-order valence-corrected chi connectivity index (χ4v) is 3.54. The van der Waals surface area contributed by atoms with Crippen LogP contribution in [0.15, 0.2) is 35.4 Å². The molecule has 22 heavy (non-hydrogen) atoms. The minimum Gasteiger partial charge on any atom is -0.448 e. The van der Waals surface area contributed by atoms with Gasteiger partial charge in [0.2, 0.25) is 0 Å². The molecule has 2 aliphatic rings. The molecule has 0 spiro atoms. The SMILES string of the molecule is CC12CCC(C(=O)NN=Cc3ccccc3)(OC1=O)C2(C)C. The second-order valence-electron chi connectivity index (χ2n) is 6.78. The summed E-state index contributed by atoms with van der Waals surface area (Å²) in [5.74, 6) is -0.634. The van der Waals surface area contributed by atoms with Crippen molar-refractivity contribution in [1.29, 1.82) is 0 Å². The van der Waals surface area contributed by atoms with E-state index in [1.165, 1.54) is 0 Å². The molecule has 5 nitrogen and oxygen atoms in total. The Morgan fingerprint density at radius 2 is 1.91 bits per heavy atom. The van der Waals surface area contributed by atoms with Gasteiger partial charge < -0.3 is 4.74 Å². The third kappa shape index (κ3) is 1.74. The van der Waals surface area contributed by atoms with Gasteiger partial charge in [0.05, 0.1) is 11.6 Å². The number of nitrogens with one attached hydrogen (secondary N) is 1. The molecule has 116 valence electrons. The van der Waals surface area contributed by atoms with E-state index in [9.17, 15) is 9.59 Å². The molecule has 0 radical (unpaired) electrons. The second kappa shape index (κ2) is 4.66. The molecular weight excluding hydrogens is 280 g/mol. The Hall–Kier alpha value is -2.17. The highest BCUT2D eigenvalue weighted by Crippen LogP contribution is 2.65. The zero-order valence-electron chi connectivity index (χ0n) is 13.1. The van der Waals surface area contributed by atoms with Gasteiger partial charge in [-0.1, -0.05) is 44.2 Å². The number of hydrogen-bond acceptors (Lipinski definition) is 4. The lowest BCUT2D eigenvalue weighted by Gasteiger charge is -2.34. The largest absolute Gasteiger partial charge is 0.448 e. The predicted molar refractivity (Wildman–Crippen MR) is 82.1 cm³/mol. The summed E-state index contributed by atoms with van der Waals surface area (Å²) in [6, 6.07) is 9.48. The van der Waals surface area contributed by atoms with Crippen molar-refractivity contribution in [3.05, 3.63) is 35.9 Å². The van der Waals surface area contributed by atoms with Gasteiger partial charge in [-0.05, 0) is 25.3 Å². The van der Waals surface area contributed by atoms with E-state index in [4.69, 9.17) is 4.74 Å². The normalized spacial score (nSPS) is 32.2. The molecule has 1 N–H and O–H groups in total. The highest BCUT2D eigenvalue weighted by atomic mass is 16.6. The number of benzene rings is 1. The molecule has 2 unspecified atom stereocenters. The van der Waals surface area contributed by atoms with Crippen LogP contribution >= 0.6 is 0 Å². The van der Waals surface area contributed by atoms with E-state index < -0.39 is 16.4 Å². The topological polar surface area (TPSA) is 67.8 Å². The standard InChI is InChI=1S/C17H20N2O3/c1-15(2)16(3)9-10-17(15,22-14(16)21)13(20)19-18-11-12-7-5-4-6-8-12/h4-8,11H,9-10H2,1-3H3,(H,19,20). The predicted octanol–water partition coefficient (Wildman–Crippen LogP) is 2.26. The van der Waals surface area contributed by atoms with Crippen molar-refractivity contribution in [2.75, 3.05) is 0 Å². The molecule has 0 aromatic heterocycles. The van der Waals surface area contributed by atoms with E-state index in [0.717, 1.165) is 5.56 Å². The molecule has 1 saturated carbocycles. The average molecular weight is 300 g/mol. The number of hydrogen-bond donors (Lipinski definition) is 1. The van der Waals surface area contributed by atoms with Crippen molar-refractivity contribution in [3.63, 3.8) is 0 Å². The van der Waals surface area contributed by atoms with Crippen LogP contribution in [0.2, 0.25) is 0 Å². The first-order valence-electron chi connectivity index (χ1n) is 7.45. The minimum atomic E-state index is -1.12. The van der Waals surface area contributed by atoms with Crippen LogP contribution in [-0.4, -0.2) is 23.7 Å². The Morgan fingerprint density at radius 3 is 2.45 bits per heavy atom. The molecule has 1 heterocycles. The van der Waals surface area contributed by atoms with Crippen LogP contribution in [-0.2, 0) is 14.3 Å². The monoisotopic (exact) mass is 300 g/mol. The summed E-state index contributed by atoms with van der Waals surface area (Å²) in [6.45, 7) is 5.72. The quantitative estimate of drug-likeness (QED) is 0.529. The first kappa shape index (κ1) is 14.8. The van der Waals surface area contributed by atoms with Gasteiger partial charge in [0.15, 0.2) is 5.60 Å². The molecule has 1 aromatic rings. The number of amides is 1. The van der Waals surface area contributed by atoms with E-state index >= 15 is 0 Å². The van der Waals surface area contributed by atoms with E-state index in [1.54, 1.807) is 6.21 Å². The fraction of sp³-hybridized carbons (Fsp3) is 0.471. The summed E-state index contributed by atoms with van der Waals surface area (Å²) in [5.41, 5.74) is 1.15. The molecule has 1 aromatic carbocycles. The van der Waals surface area contributed by atoms with Gasteiger partial charge in [0.25, 0.3) is 5.91 Å². The van der Waals surface area contributed by atoms with E-state index in [-0.39, 0.29) is 11.9 Å². The molecule has 1 saturated heterocycles. The maximum absolute atomic E-state index is 12.6. The highest BCUT2D eigenvalue weighted by molar-refractivity contribution is 5.96. The summed E-state index contributed by atoms with van der Waals surface area (Å²) in [5, 5.41) is 4.00. The van der Waals surface area contributed by atoms with Gasteiger partial charge >= 0.3 is 5.97 Å². The lowest BCUT2D eigenvalue weighted by molar-refractivity contribution is -0.168. The van der Waals surface area contributed by atoms with Crippen LogP contribution in [0.25, 0.3) is 0 Å². The van der Waals surface area contributed by atoms with Gasteiger partial charge in [-0.3, -0.25) is 9.59 Å². The number of fused-ring (bicyclic) bond motifs is 2. The van der Waals surface area contributed by atoms with E-state index in [1.807, 2.05) is 51.1 Å². The lowest BCUT2D eigenvalue weighted by Crippen LogP contribution is -2.52. The van der Waals surface area contributed by atoms with Crippen molar-refractivity contribution in [2.45, 2.75) is 39.2 Å². The van der Waals surface area contributed by atoms with Gasteiger partial charge in [-0.25, -0.2) is 5.43 Å². The Labute approximate surface area is 129 Å². The molecule has 2 bridgehead atoms. The van der Waals surface area contributed by atoms with Crippen molar-refractivity contribution in [3.8, 4) is 0 Å². The second-order valence-corrected chi connectivity index (χ2v) is 6.78. The lowest BCUT2D eigenvalue weighted by atomic mass is 9.66. The Morgan fingerprint density at radius 1 is 1.23 bits per heavy atom. The molecule has 3 rings (SSSR count). The molecule has 1 aliphatic heterocycles. The summed E-state index contributed by atoms with van der Waals surface area (Å²) in [6.07, 6.45) is 2.77. The van der Waals surface area contributed by atoms with Gasteiger partial charge in [-0.2, -0.15) is 5.10 Å². The summed E-state index contributed by atoms with van der Waals surface area (Å²) < 4.78 is 5.51. The van der Waals surface area contributed by atoms with Crippen molar-refractivity contribution in [2.24, 2.45) is 15.9 Å².